The number of nitrogens with two attached hydrogens (primary N) is 2. The first-order chi connectivity index (χ1) is 17.2. The lowest BCUT2D eigenvalue weighted by Crippen LogP contribution is -2.25. The van der Waals surface area contributed by atoms with E-state index in [0.29, 0.717) is 47.2 Å². The highest BCUT2D eigenvalue weighted by Crippen LogP contribution is 2.41. The number of nitrogen functional groups attached to an aromatic ring is 2. The summed E-state index contributed by atoms with van der Waals surface area (Å²) < 4.78 is 17.5. The highest BCUT2D eigenvalue weighted by Gasteiger charge is 2.21. The van der Waals surface area contributed by atoms with Gasteiger partial charge in [0.25, 0.3) is 5.91 Å². The summed E-state index contributed by atoms with van der Waals surface area (Å²) in [5.74, 6) is 2.08. The molecular formula is C26H30N6O4. The van der Waals surface area contributed by atoms with Crippen molar-refractivity contribution in [1.29, 1.82) is 0 Å². The van der Waals surface area contributed by atoms with Gasteiger partial charge in [-0.25, -0.2) is 4.98 Å². The molecule has 188 valence electrons. The van der Waals surface area contributed by atoms with Gasteiger partial charge in [-0.15, -0.1) is 0 Å². The molecule has 4 rings (SSSR count). The maximum absolute atomic E-state index is 12.7. The lowest BCUT2D eigenvalue weighted by Gasteiger charge is -2.22. The van der Waals surface area contributed by atoms with Crippen molar-refractivity contribution in [2.45, 2.75) is 13.0 Å². The summed E-state index contributed by atoms with van der Waals surface area (Å²) in [6.07, 6.45) is 2.06. The Kier molecular flexibility index (Phi) is 6.86. The number of para-hydroxylation sites is 1. The van der Waals surface area contributed by atoms with Gasteiger partial charge in [-0.05, 0) is 29.8 Å². The fourth-order valence-corrected chi connectivity index (χ4v) is 4.15. The smallest absolute Gasteiger partial charge is 0.255 e. The topological polar surface area (TPSA) is 133 Å². The van der Waals surface area contributed by atoms with E-state index in [1.165, 1.54) is 0 Å². The average molecular weight is 491 g/mol. The third kappa shape index (κ3) is 4.70. The molecule has 0 fully saturated rings. The van der Waals surface area contributed by atoms with Crippen LogP contribution >= 0.6 is 0 Å². The van der Waals surface area contributed by atoms with Crippen molar-refractivity contribution < 1.29 is 18.7 Å². The largest absolute Gasteiger partial charge is 0.493 e. The number of fused-ring (bicyclic) bond motifs is 1. The van der Waals surface area contributed by atoms with E-state index < -0.39 is 0 Å². The second-order valence-electron chi connectivity index (χ2n) is 8.61. The van der Waals surface area contributed by atoms with Crippen LogP contribution in [0.1, 0.15) is 27.2 Å². The molecule has 2 heterocycles. The first-order valence-electron chi connectivity index (χ1n) is 11.3. The number of rotatable bonds is 8. The van der Waals surface area contributed by atoms with E-state index in [9.17, 15) is 4.79 Å². The summed E-state index contributed by atoms with van der Waals surface area (Å²) >= 11 is 0. The maximum atomic E-state index is 12.7. The summed E-state index contributed by atoms with van der Waals surface area (Å²) in [5.41, 5.74) is 15.3. The molecule has 2 aromatic carbocycles. The second-order valence-corrected chi connectivity index (χ2v) is 8.61. The van der Waals surface area contributed by atoms with E-state index in [2.05, 4.69) is 9.97 Å². The van der Waals surface area contributed by atoms with Gasteiger partial charge in [-0.1, -0.05) is 12.1 Å². The summed E-state index contributed by atoms with van der Waals surface area (Å²) in [7, 11) is 8.53. The number of benzene rings is 2. The molecule has 0 aliphatic rings. The minimum absolute atomic E-state index is 0.0703. The predicted octanol–water partition coefficient (Wildman–Crippen LogP) is 3.33. The van der Waals surface area contributed by atoms with Gasteiger partial charge in [0.05, 0.1) is 26.3 Å². The van der Waals surface area contributed by atoms with Gasteiger partial charge in [0, 0.05) is 50.4 Å². The highest BCUT2D eigenvalue weighted by atomic mass is 16.5. The van der Waals surface area contributed by atoms with E-state index in [1.54, 1.807) is 39.4 Å². The van der Waals surface area contributed by atoms with Crippen LogP contribution in [0.25, 0.3) is 11.0 Å². The Labute approximate surface area is 209 Å². The molecule has 4 N–H and O–H groups in total. The monoisotopic (exact) mass is 490 g/mol. The highest BCUT2D eigenvalue weighted by molar-refractivity contribution is 5.99. The molecule has 0 aliphatic heterocycles. The van der Waals surface area contributed by atoms with Crippen LogP contribution in [0.3, 0.4) is 0 Å². The zero-order chi connectivity index (χ0) is 26.0. The third-order valence-electron chi connectivity index (χ3n) is 5.93. The zero-order valence-electron chi connectivity index (χ0n) is 21.0. The van der Waals surface area contributed by atoms with Crippen LogP contribution in [-0.2, 0) is 13.0 Å². The number of furan rings is 1. The molecule has 1 amide bonds. The molecular weight excluding hydrogens is 460 g/mol. The average Bonchev–Trinajstić information content (AvgIpc) is 3.28. The van der Waals surface area contributed by atoms with Crippen molar-refractivity contribution in [3.05, 3.63) is 65.0 Å². The Balaban J connectivity index is 1.75. The molecule has 10 nitrogen and oxygen atoms in total. The lowest BCUT2D eigenvalue weighted by atomic mass is 10.0. The van der Waals surface area contributed by atoms with Crippen LogP contribution in [0.5, 0.6) is 11.5 Å². The van der Waals surface area contributed by atoms with Gasteiger partial charge in [0.2, 0.25) is 11.7 Å². The zero-order valence-corrected chi connectivity index (χ0v) is 21.0. The number of ether oxygens (including phenoxy) is 2. The molecule has 0 radical (unpaired) electrons. The van der Waals surface area contributed by atoms with Gasteiger partial charge < -0.3 is 35.2 Å². The molecule has 10 heteroatoms. The molecule has 4 aromatic rings. The van der Waals surface area contributed by atoms with Crippen molar-refractivity contribution in [2.24, 2.45) is 0 Å². The van der Waals surface area contributed by atoms with Crippen molar-refractivity contribution in [1.82, 2.24) is 14.9 Å². The molecule has 36 heavy (non-hydrogen) atoms. The first kappa shape index (κ1) is 24.6. The number of aromatic nitrogens is 2. The van der Waals surface area contributed by atoms with Crippen LogP contribution < -0.4 is 25.8 Å². The fourth-order valence-electron chi connectivity index (χ4n) is 4.15. The van der Waals surface area contributed by atoms with Crippen LogP contribution in [0, 0.1) is 0 Å². The molecule has 0 bridgehead atoms. The van der Waals surface area contributed by atoms with Gasteiger partial charge >= 0.3 is 0 Å². The van der Waals surface area contributed by atoms with Gasteiger partial charge in [0.1, 0.15) is 11.6 Å². The quantitative estimate of drug-likeness (QED) is 0.381. The SMILES string of the molecule is COc1cc(Cc2cnc(N)nc2N)c2cc(CN(C)c3ccccc3C(=O)N(C)C)oc2c1OC. The Hall–Kier alpha value is -4.47. The Morgan fingerprint density at radius 2 is 1.81 bits per heavy atom. The third-order valence-corrected chi connectivity index (χ3v) is 5.93. The molecule has 0 unspecified atom stereocenters. The van der Waals surface area contributed by atoms with E-state index >= 15 is 0 Å². The van der Waals surface area contributed by atoms with E-state index in [0.717, 1.165) is 22.2 Å². The number of hydrogen-bond acceptors (Lipinski definition) is 9. The number of methoxy groups -OCH3 is 2. The fraction of sp³-hybridized carbons (Fsp3) is 0.269. The Bertz CT molecular complexity index is 1420. The number of hydrogen-bond donors (Lipinski definition) is 2. The molecule has 2 aromatic heterocycles. The summed E-state index contributed by atoms with van der Waals surface area (Å²) in [4.78, 5) is 24.4. The molecule has 0 aliphatic carbocycles. The lowest BCUT2D eigenvalue weighted by molar-refractivity contribution is 0.0828. The van der Waals surface area contributed by atoms with Crippen molar-refractivity contribution in [3.8, 4) is 11.5 Å². The predicted molar refractivity (Wildman–Crippen MR) is 140 cm³/mol. The van der Waals surface area contributed by atoms with Crippen LogP contribution in [0.4, 0.5) is 17.5 Å². The summed E-state index contributed by atoms with van der Waals surface area (Å²) in [5, 5.41) is 0.852. The Morgan fingerprint density at radius 3 is 2.47 bits per heavy atom. The molecule has 0 atom stereocenters. The van der Waals surface area contributed by atoms with Gasteiger partial charge in [0.15, 0.2) is 11.3 Å². The number of anilines is 3. The van der Waals surface area contributed by atoms with Crippen molar-refractivity contribution in [3.63, 3.8) is 0 Å². The van der Waals surface area contributed by atoms with Gasteiger partial charge in [-0.3, -0.25) is 4.79 Å². The number of nitrogens with zero attached hydrogens (tertiary/aromatic N) is 4. The number of carbonyl (C=O) groups is 1. The number of amides is 1. The molecule has 0 saturated heterocycles. The minimum Gasteiger partial charge on any atom is -0.493 e. The van der Waals surface area contributed by atoms with Crippen LogP contribution in [0.15, 0.2) is 47.0 Å². The molecule has 0 spiro atoms. The second kappa shape index (κ2) is 10.0. The van der Waals surface area contributed by atoms with Crippen molar-refractivity contribution in [2.75, 3.05) is 51.7 Å². The minimum atomic E-state index is -0.0703. The molecule has 0 saturated carbocycles. The van der Waals surface area contributed by atoms with Gasteiger partial charge in [-0.2, -0.15) is 4.98 Å². The normalized spacial score (nSPS) is 10.9. The van der Waals surface area contributed by atoms with E-state index in [4.69, 9.17) is 25.4 Å². The number of carbonyl (C=O) groups excluding carboxylic acids is 1. The summed E-state index contributed by atoms with van der Waals surface area (Å²) in [6.45, 7) is 0.421. The maximum Gasteiger partial charge on any atom is 0.255 e. The Morgan fingerprint density at radius 1 is 1.06 bits per heavy atom. The summed E-state index contributed by atoms with van der Waals surface area (Å²) in [6, 6.07) is 11.3. The van der Waals surface area contributed by atoms with Crippen molar-refractivity contribution >= 4 is 34.3 Å². The standard InChI is InChI=1S/C26H30N6O4/c1-31(2)25(33)18-8-6-7-9-20(18)32(3)14-17-12-19-15(10-16-13-29-26(28)30-24(16)27)11-21(34-4)23(35-5)22(19)36-17/h6-9,11-13H,10,14H2,1-5H3,(H4,27,28,29,30). The van der Waals surface area contributed by atoms with E-state index in [1.807, 2.05) is 48.3 Å². The van der Waals surface area contributed by atoms with Crippen LogP contribution in [0.2, 0.25) is 0 Å². The van der Waals surface area contributed by atoms with E-state index in [-0.39, 0.29) is 11.9 Å². The first-order valence-corrected chi connectivity index (χ1v) is 11.3. The van der Waals surface area contributed by atoms with Crippen LogP contribution in [-0.4, -0.2) is 56.1 Å².